The molecule has 0 aromatic heterocycles. The molecule has 1 saturated heterocycles. The fraction of sp³-hybridized carbons (Fsp3) is 0.611. The van der Waals surface area contributed by atoms with E-state index in [0.29, 0.717) is 25.2 Å². The van der Waals surface area contributed by atoms with E-state index in [1.807, 2.05) is 24.3 Å². The maximum Gasteiger partial charge on any atom is 0.241 e. The van der Waals surface area contributed by atoms with Crippen molar-refractivity contribution >= 4 is 24.0 Å². The molecule has 2 fully saturated rings. The predicted molar refractivity (Wildman–Crippen MR) is 97.0 cm³/mol. The number of carbonyl (C=O) groups is 1. The average Bonchev–Trinajstić information content (AvgIpc) is 3.00. The lowest BCUT2D eigenvalue weighted by Gasteiger charge is -2.24. The lowest BCUT2D eigenvalue weighted by atomic mass is 9.85. The van der Waals surface area contributed by atoms with Crippen LogP contribution < -0.4 is 15.4 Å². The van der Waals surface area contributed by atoms with E-state index in [1.54, 1.807) is 7.11 Å². The molecule has 1 aromatic carbocycles. The van der Waals surface area contributed by atoms with Crippen molar-refractivity contribution in [2.75, 3.05) is 25.6 Å². The minimum Gasteiger partial charge on any atom is -0.491 e. The van der Waals surface area contributed by atoms with Crippen molar-refractivity contribution in [2.24, 2.45) is 5.92 Å². The second-order valence-electron chi connectivity index (χ2n) is 6.46. The van der Waals surface area contributed by atoms with Gasteiger partial charge < -0.3 is 20.1 Å². The van der Waals surface area contributed by atoms with Crippen LogP contribution in [-0.4, -0.2) is 38.3 Å². The van der Waals surface area contributed by atoms with E-state index in [2.05, 4.69) is 10.6 Å². The molecule has 1 aliphatic heterocycles. The zero-order chi connectivity index (χ0) is 16.1. The summed E-state index contributed by atoms with van der Waals surface area (Å²) in [5.74, 6) is 1.48. The zero-order valence-corrected chi connectivity index (χ0v) is 14.9. The summed E-state index contributed by atoms with van der Waals surface area (Å²) in [4.78, 5) is 12.5. The number of benzene rings is 1. The zero-order valence-electron chi connectivity index (χ0n) is 14.1. The van der Waals surface area contributed by atoms with Crippen molar-refractivity contribution in [3.8, 4) is 5.75 Å². The summed E-state index contributed by atoms with van der Waals surface area (Å²) in [7, 11) is 1.65. The van der Waals surface area contributed by atoms with Crippen molar-refractivity contribution in [3.05, 3.63) is 24.3 Å². The maximum absolute atomic E-state index is 12.5. The van der Waals surface area contributed by atoms with Gasteiger partial charge in [-0.3, -0.25) is 4.79 Å². The number of carbonyl (C=O) groups excluding carboxylic acids is 1. The van der Waals surface area contributed by atoms with Gasteiger partial charge >= 0.3 is 0 Å². The number of nitrogens with one attached hydrogen (secondary N) is 2. The molecular weight excluding hydrogens is 328 g/mol. The average molecular weight is 355 g/mol. The van der Waals surface area contributed by atoms with Crippen molar-refractivity contribution in [3.63, 3.8) is 0 Å². The van der Waals surface area contributed by atoms with Crippen LogP contribution in [0.3, 0.4) is 0 Å². The van der Waals surface area contributed by atoms with Crippen LogP contribution in [0.2, 0.25) is 0 Å². The molecular formula is C18H27ClN2O3. The smallest absolute Gasteiger partial charge is 0.241 e. The molecule has 5 nitrogen and oxygen atoms in total. The highest BCUT2D eigenvalue weighted by molar-refractivity contribution is 5.95. The molecule has 1 aromatic rings. The van der Waals surface area contributed by atoms with Crippen LogP contribution in [0.1, 0.15) is 32.1 Å². The number of halogens is 1. The molecule has 1 heterocycles. The van der Waals surface area contributed by atoms with E-state index < -0.39 is 0 Å². The summed E-state index contributed by atoms with van der Waals surface area (Å²) in [6.07, 6.45) is 6.00. The first kappa shape index (κ1) is 19.0. The molecule has 0 bridgehead atoms. The Bertz CT molecular complexity index is 527. The topological polar surface area (TPSA) is 59.6 Å². The van der Waals surface area contributed by atoms with Crippen LogP contribution in [-0.2, 0) is 9.53 Å². The van der Waals surface area contributed by atoms with Gasteiger partial charge in [-0.2, -0.15) is 0 Å². The van der Waals surface area contributed by atoms with Gasteiger partial charge in [-0.1, -0.05) is 18.9 Å². The van der Waals surface area contributed by atoms with E-state index in [-0.39, 0.29) is 24.4 Å². The Morgan fingerprint density at radius 2 is 2.12 bits per heavy atom. The van der Waals surface area contributed by atoms with Crippen LogP contribution >= 0.6 is 12.4 Å². The minimum atomic E-state index is -0.0684. The summed E-state index contributed by atoms with van der Waals surface area (Å²) < 4.78 is 10.5. The Morgan fingerprint density at radius 3 is 2.92 bits per heavy atom. The summed E-state index contributed by atoms with van der Waals surface area (Å²) in [6, 6.07) is 7.98. The number of hydrogen-bond donors (Lipinski definition) is 2. The fourth-order valence-corrected chi connectivity index (χ4v) is 3.66. The Labute approximate surface area is 149 Å². The number of fused-ring (bicyclic) bond motifs is 1. The lowest BCUT2D eigenvalue weighted by molar-refractivity contribution is -0.117. The highest BCUT2D eigenvalue weighted by atomic mass is 35.5. The molecule has 3 unspecified atom stereocenters. The molecule has 134 valence electrons. The SMILES string of the molecule is COCCOc1cccc(NC(=O)C2CC3CCCCC3N2)c1.Cl. The van der Waals surface area contributed by atoms with E-state index in [4.69, 9.17) is 9.47 Å². The normalized spacial score (nSPS) is 25.5. The largest absolute Gasteiger partial charge is 0.491 e. The number of ether oxygens (including phenoxy) is 2. The number of rotatable bonds is 6. The molecule has 1 saturated carbocycles. The van der Waals surface area contributed by atoms with E-state index in [1.165, 1.54) is 25.7 Å². The van der Waals surface area contributed by atoms with Gasteiger partial charge in [-0.15, -0.1) is 12.4 Å². The second kappa shape index (κ2) is 9.25. The second-order valence-corrected chi connectivity index (χ2v) is 6.46. The standard InChI is InChI=1S/C18H26N2O3.ClH/c1-22-9-10-23-15-7-4-6-14(12-15)19-18(21)17-11-13-5-2-3-8-16(13)20-17;/h4,6-7,12-13,16-17,20H,2-3,5,8-11H2,1H3,(H,19,21);1H. The van der Waals surface area contributed by atoms with Crippen LogP contribution in [0.25, 0.3) is 0 Å². The molecule has 3 rings (SSSR count). The van der Waals surface area contributed by atoms with Crippen molar-refractivity contribution in [2.45, 2.75) is 44.2 Å². The Hall–Kier alpha value is -1.30. The molecule has 2 N–H and O–H groups in total. The van der Waals surface area contributed by atoms with Gasteiger partial charge in [-0.25, -0.2) is 0 Å². The third kappa shape index (κ3) is 4.85. The Balaban J connectivity index is 0.00000208. The highest BCUT2D eigenvalue weighted by Gasteiger charge is 2.38. The fourth-order valence-electron chi connectivity index (χ4n) is 3.66. The van der Waals surface area contributed by atoms with Gasteiger partial charge in [0.2, 0.25) is 5.91 Å². The number of methoxy groups -OCH3 is 1. The highest BCUT2D eigenvalue weighted by Crippen LogP contribution is 2.33. The molecule has 1 amide bonds. The quantitative estimate of drug-likeness (QED) is 0.771. The minimum absolute atomic E-state index is 0. The van der Waals surface area contributed by atoms with Crippen molar-refractivity contribution < 1.29 is 14.3 Å². The van der Waals surface area contributed by atoms with Gasteiger partial charge in [0.1, 0.15) is 12.4 Å². The molecule has 0 spiro atoms. The first-order valence-electron chi connectivity index (χ1n) is 8.55. The predicted octanol–water partition coefficient (Wildman–Crippen LogP) is 2.99. The van der Waals surface area contributed by atoms with Gasteiger partial charge in [0.25, 0.3) is 0 Å². The molecule has 6 heteroatoms. The molecule has 24 heavy (non-hydrogen) atoms. The van der Waals surface area contributed by atoms with E-state index in [9.17, 15) is 4.79 Å². The van der Waals surface area contributed by atoms with Gasteiger partial charge in [0.05, 0.1) is 12.6 Å². The summed E-state index contributed by atoms with van der Waals surface area (Å²) >= 11 is 0. The van der Waals surface area contributed by atoms with Crippen molar-refractivity contribution in [1.29, 1.82) is 0 Å². The molecule has 0 radical (unpaired) electrons. The third-order valence-electron chi connectivity index (χ3n) is 4.84. The van der Waals surface area contributed by atoms with Gasteiger partial charge in [-0.05, 0) is 37.3 Å². The maximum atomic E-state index is 12.5. The first-order chi connectivity index (χ1) is 11.3. The van der Waals surface area contributed by atoms with Crippen LogP contribution in [0.5, 0.6) is 5.75 Å². The number of amides is 1. The van der Waals surface area contributed by atoms with Gasteiger partial charge in [0.15, 0.2) is 0 Å². The van der Waals surface area contributed by atoms with Gasteiger partial charge in [0, 0.05) is 24.9 Å². The number of hydrogen-bond acceptors (Lipinski definition) is 4. The Kier molecular flexibility index (Phi) is 7.34. The lowest BCUT2D eigenvalue weighted by Crippen LogP contribution is -2.39. The first-order valence-corrected chi connectivity index (χ1v) is 8.55. The summed E-state index contributed by atoms with van der Waals surface area (Å²) in [5.41, 5.74) is 0.779. The number of anilines is 1. The van der Waals surface area contributed by atoms with E-state index in [0.717, 1.165) is 17.9 Å². The molecule has 2 aliphatic rings. The van der Waals surface area contributed by atoms with E-state index >= 15 is 0 Å². The molecule has 1 aliphatic carbocycles. The van der Waals surface area contributed by atoms with Crippen LogP contribution in [0.4, 0.5) is 5.69 Å². The van der Waals surface area contributed by atoms with Crippen molar-refractivity contribution in [1.82, 2.24) is 5.32 Å². The summed E-state index contributed by atoms with van der Waals surface area (Å²) in [5, 5.41) is 6.52. The monoisotopic (exact) mass is 354 g/mol. The van der Waals surface area contributed by atoms with Crippen LogP contribution in [0.15, 0.2) is 24.3 Å². The third-order valence-corrected chi connectivity index (χ3v) is 4.84. The summed E-state index contributed by atoms with van der Waals surface area (Å²) in [6.45, 7) is 1.05. The molecule has 3 atom stereocenters. The van der Waals surface area contributed by atoms with Crippen LogP contribution in [0, 0.1) is 5.92 Å². The Morgan fingerprint density at radius 1 is 1.29 bits per heavy atom.